The Kier molecular flexibility index (Phi) is 2.87. The van der Waals surface area contributed by atoms with Crippen LogP contribution in [-0.4, -0.2) is 5.78 Å². The van der Waals surface area contributed by atoms with Crippen molar-refractivity contribution in [2.24, 2.45) is 0 Å². The summed E-state index contributed by atoms with van der Waals surface area (Å²) in [5.41, 5.74) is 0.674. The normalized spacial score (nSPS) is 9.92. The summed E-state index contributed by atoms with van der Waals surface area (Å²) in [4.78, 5) is 11.2. The molecule has 0 amide bonds. The van der Waals surface area contributed by atoms with E-state index < -0.39 is 0 Å². The van der Waals surface area contributed by atoms with Crippen LogP contribution < -0.4 is 0 Å². The number of Topliss-reactive ketones (excluding diaryl/α,β-unsaturated/α-hetero) is 1. The summed E-state index contributed by atoms with van der Waals surface area (Å²) in [6, 6.07) is 4.35. The first kappa shape index (κ1) is 9.26. The van der Waals surface area contributed by atoms with Crippen LogP contribution in [0.2, 0.25) is 0 Å². The van der Waals surface area contributed by atoms with Gasteiger partial charge in [-0.15, -0.1) is 12.6 Å². The molecule has 0 unspecified atom stereocenters. The lowest BCUT2D eigenvalue weighted by atomic mass is 10.1. The maximum atomic E-state index is 12.7. The van der Waals surface area contributed by atoms with Crippen LogP contribution >= 0.6 is 12.6 Å². The summed E-state index contributed by atoms with van der Waals surface area (Å²) in [5.74, 6) is -0.327. The van der Waals surface area contributed by atoms with Gasteiger partial charge in [0, 0.05) is 11.3 Å². The Bertz CT molecular complexity index is 289. The Labute approximate surface area is 76.0 Å². The summed E-state index contributed by atoms with van der Waals surface area (Å²) < 4.78 is 12.7. The number of carbonyl (C=O) groups excluding carboxylic acids is 1. The molecule has 0 spiro atoms. The van der Waals surface area contributed by atoms with E-state index in [1.807, 2.05) is 0 Å². The fourth-order valence-corrected chi connectivity index (χ4v) is 1.31. The van der Waals surface area contributed by atoms with Crippen LogP contribution in [0, 0.1) is 5.82 Å². The number of thiol groups is 1. The number of ketones is 1. The molecule has 1 rings (SSSR count). The SMILES string of the molecule is CC(=O)Cc1cc(F)cc(S)c1. The molecular weight excluding hydrogens is 175 g/mol. The van der Waals surface area contributed by atoms with E-state index in [0.29, 0.717) is 10.5 Å². The Morgan fingerprint density at radius 2 is 2.17 bits per heavy atom. The minimum Gasteiger partial charge on any atom is -0.300 e. The Hall–Kier alpha value is -0.830. The molecule has 1 nitrogen and oxygen atoms in total. The van der Waals surface area contributed by atoms with Crippen molar-refractivity contribution in [1.82, 2.24) is 0 Å². The molecular formula is C9H9FOS. The molecule has 0 aliphatic carbocycles. The third-order valence-corrected chi connectivity index (χ3v) is 1.65. The van der Waals surface area contributed by atoms with Gasteiger partial charge in [-0.1, -0.05) is 0 Å². The van der Waals surface area contributed by atoms with Gasteiger partial charge < -0.3 is 0 Å². The van der Waals surface area contributed by atoms with E-state index in [1.54, 1.807) is 6.07 Å². The van der Waals surface area contributed by atoms with Crippen LogP contribution in [0.25, 0.3) is 0 Å². The van der Waals surface area contributed by atoms with Crippen LogP contribution in [0.15, 0.2) is 23.1 Å². The quantitative estimate of drug-likeness (QED) is 0.697. The molecule has 0 saturated carbocycles. The zero-order chi connectivity index (χ0) is 9.14. The molecule has 0 N–H and O–H groups in total. The lowest BCUT2D eigenvalue weighted by Crippen LogP contribution is -1.96. The molecule has 3 heteroatoms. The van der Waals surface area contributed by atoms with Crippen LogP contribution in [0.4, 0.5) is 4.39 Å². The van der Waals surface area contributed by atoms with E-state index in [1.165, 1.54) is 19.1 Å². The lowest BCUT2D eigenvalue weighted by molar-refractivity contribution is -0.116. The second-order valence-electron chi connectivity index (χ2n) is 2.70. The van der Waals surface area contributed by atoms with Crippen LogP contribution in [-0.2, 0) is 11.2 Å². The van der Waals surface area contributed by atoms with E-state index in [4.69, 9.17) is 0 Å². The van der Waals surface area contributed by atoms with E-state index in [9.17, 15) is 9.18 Å². The van der Waals surface area contributed by atoms with Crippen LogP contribution in [0.5, 0.6) is 0 Å². The molecule has 12 heavy (non-hydrogen) atoms. The minimum absolute atomic E-state index is 0.0216. The highest BCUT2D eigenvalue weighted by atomic mass is 32.1. The zero-order valence-electron chi connectivity index (χ0n) is 6.67. The predicted octanol–water partition coefficient (Wildman–Crippen LogP) is 2.25. The van der Waals surface area contributed by atoms with Gasteiger partial charge in [0.25, 0.3) is 0 Å². The fourth-order valence-electron chi connectivity index (χ4n) is 1.02. The van der Waals surface area contributed by atoms with Crippen LogP contribution in [0.3, 0.4) is 0 Å². The molecule has 0 fully saturated rings. The fraction of sp³-hybridized carbons (Fsp3) is 0.222. The Morgan fingerprint density at radius 3 is 2.67 bits per heavy atom. The first-order valence-electron chi connectivity index (χ1n) is 3.56. The third kappa shape index (κ3) is 2.66. The van der Waals surface area contributed by atoms with Gasteiger partial charge in [-0.3, -0.25) is 4.79 Å². The van der Waals surface area contributed by atoms with Crippen molar-refractivity contribution < 1.29 is 9.18 Å². The summed E-state index contributed by atoms with van der Waals surface area (Å²) in [7, 11) is 0. The van der Waals surface area contributed by atoms with Gasteiger partial charge in [0.1, 0.15) is 11.6 Å². The summed E-state index contributed by atoms with van der Waals surface area (Å²) in [5, 5.41) is 0. The molecule has 64 valence electrons. The number of hydrogen-bond acceptors (Lipinski definition) is 2. The van der Waals surface area contributed by atoms with Crippen molar-refractivity contribution in [3.63, 3.8) is 0 Å². The monoisotopic (exact) mass is 184 g/mol. The number of halogens is 1. The van der Waals surface area contributed by atoms with Gasteiger partial charge in [0.05, 0.1) is 0 Å². The maximum absolute atomic E-state index is 12.7. The largest absolute Gasteiger partial charge is 0.300 e. The lowest BCUT2D eigenvalue weighted by Gasteiger charge is -1.99. The van der Waals surface area contributed by atoms with Gasteiger partial charge in [-0.25, -0.2) is 4.39 Å². The first-order chi connectivity index (χ1) is 5.58. The van der Waals surface area contributed by atoms with Gasteiger partial charge in [0.15, 0.2) is 0 Å². The van der Waals surface area contributed by atoms with Gasteiger partial charge in [-0.2, -0.15) is 0 Å². The van der Waals surface area contributed by atoms with E-state index in [2.05, 4.69) is 12.6 Å². The molecule has 0 aliphatic rings. The molecule has 0 bridgehead atoms. The molecule has 0 atom stereocenters. The number of hydrogen-bond donors (Lipinski definition) is 1. The maximum Gasteiger partial charge on any atom is 0.134 e. The molecule has 0 aliphatic heterocycles. The standard InChI is InChI=1S/C9H9FOS/c1-6(11)2-7-3-8(10)5-9(12)4-7/h3-5,12H,2H2,1H3. The van der Waals surface area contributed by atoms with Crippen molar-refractivity contribution in [2.45, 2.75) is 18.2 Å². The number of benzene rings is 1. The topological polar surface area (TPSA) is 17.1 Å². The second-order valence-corrected chi connectivity index (χ2v) is 3.21. The zero-order valence-corrected chi connectivity index (χ0v) is 7.57. The van der Waals surface area contributed by atoms with Crippen molar-refractivity contribution in [3.8, 4) is 0 Å². The smallest absolute Gasteiger partial charge is 0.134 e. The van der Waals surface area contributed by atoms with Crippen molar-refractivity contribution >= 4 is 18.4 Å². The number of carbonyl (C=O) groups is 1. The highest BCUT2D eigenvalue weighted by Crippen LogP contribution is 2.12. The predicted molar refractivity (Wildman–Crippen MR) is 48.0 cm³/mol. The second kappa shape index (κ2) is 3.72. The van der Waals surface area contributed by atoms with Gasteiger partial charge in [0.2, 0.25) is 0 Å². The van der Waals surface area contributed by atoms with Gasteiger partial charge in [-0.05, 0) is 30.7 Å². The summed E-state index contributed by atoms with van der Waals surface area (Å²) in [6.45, 7) is 1.48. The summed E-state index contributed by atoms with van der Waals surface area (Å²) in [6.07, 6.45) is 0.269. The average molecular weight is 184 g/mol. The first-order valence-corrected chi connectivity index (χ1v) is 4.00. The molecule has 0 radical (unpaired) electrons. The minimum atomic E-state index is -0.348. The molecule has 1 aromatic rings. The van der Waals surface area contributed by atoms with Gasteiger partial charge >= 0.3 is 0 Å². The van der Waals surface area contributed by atoms with Crippen molar-refractivity contribution in [1.29, 1.82) is 0 Å². The molecule has 0 heterocycles. The molecule has 0 saturated heterocycles. The third-order valence-electron chi connectivity index (χ3n) is 1.40. The van der Waals surface area contributed by atoms with Crippen molar-refractivity contribution in [3.05, 3.63) is 29.6 Å². The van der Waals surface area contributed by atoms with E-state index >= 15 is 0 Å². The Morgan fingerprint density at radius 1 is 1.50 bits per heavy atom. The van der Waals surface area contributed by atoms with Crippen molar-refractivity contribution in [2.75, 3.05) is 0 Å². The number of rotatable bonds is 2. The molecule has 1 aromatic carbocycles. The highest BCUT2D eigenvalue weighted by Gasteiger charge is 2.00. The summed E-state index contributed by atoms with van der Waals surface area (Å²) >= 11 is 3.99. The van der Waals surface area contributed by atoms with Crippen LogP contribution in [0.1, 0.15) is 12.5 Å². The molecule has 0 aromatic heterocycles. The average Bonchev–Trinajstić information content (AvgIpc) is 1.81. The highest BCUT2D eigenvalue weighted by molar-refractivity contribution is 7.80. The Balaban J connectivity index is 2.93. The van der Waals surface area contributed by atoms with E-state index in [0.717, 1.165) is 0 Å². The van der Waals surface area contributed by atoms with E-state index in [-0.39, 0.29) is 18.0 Å².